The van der Waals surface area contributed by atoms with Crippen LogP contribution in [0.25, 0.3) is 0 Å². The summed E-state index contributed by atoms with van der Waals surface area (Å²) in [5.74, 6) is 2.29. The third-order valence-corrected chi connectivity index (χ3v) is 3.62. The van der Waals surface area contributed by atoms with Gasteiger partial charge in [0, 0.05) is 19.5 Å². The summed E-state index contributed by atoms with van der Waals surface area (Å²) in [6.45, 7) is 2.07. The van der Waals surface area contributed by atoms with Crippen LogP contribution in [0.3, 0.4) is 0 Å². The number of rotatable bonds is 3. The van der Waals surface area contributed by atoms with Crippen molar-refractivity contribution in [1.82, 2.24) is 4.90 Å². The lowest BCUT2D eigenvalue weighted by Crippen LogP contribution is -2.35. The van der Waals surface area contributed by atoms with E-state index < -0.39 is 0 Å². The summed E-state index contributed by atoms with van der Waals surface area (Å²) < 4.78 is 0. The van der Waals surface area contributed by atoms with Gasteiger partial charge in [-0.3, -0.25) is 4.79 Å². The minimum atomic E-state index is 0.341. The van der Waals surface area contributed by atoms with E-state index in [1.807, 2.05) is 11.9 Å². The van der Waals surface area contributed by atoms with Crippen LogP contribution in [0.15, 0.2) is 0 Å². The summed E-state index contributed by atoms with van der Waals surface area (Å²) in [6.07, 6.45) is 5.69. The van der Waals surface area contributed by atoms with Crippen LogP contribution in [0, 0.1) is 11.8 Å². The van der Waals surface area contributed by atoms with Crippen LogP contribution >= 0.6 is 0 Å². The Morgan fingerprint density at radius 2 is 1.92 bits per heavy atom. The number of amides is 1. The van der Waals surface area contributed by atoms with Crippen molar-refractivity contribution in [3.05, 3.63) is 0 Å². The molecule has 0 aromatic heterocycles. The Hall–Kier alpha value is -0.530. The Morgan fingerprint density at radius 3 is 2.46 bits per heavy atom. The molecule has 2 saturated carbocycles. The summed E-state index contributed by atoms with van der Waals surface area (Å²) in [5, 5.41) is 0. The second-order valence-electron chi connectivity index (χ2n) is 4.64. The molecule has 0 aromatic rings. The fourth-order valence-electron chi connectivity index (χ4n) is 2.59. The van der Waals surface area contributed by atoms with E-state index in [-0.39, 0.29) is 0 Å². The number of carbonyl (C=O) groups excluding carboxylic acids is 1. The molecule has 13 heavy (non-hydrogen) atoms. The molecule has 0 radical (unpaired) electrons. The van der Waals surface area contributed by atoms with Crippen LogP contribution in [0.5, 0.6) is 0 Å². The van der Waals surface area contributed by atoms with Gasteiger partial charge in [0.25, 0.3) is 0 Å². The average Bonchev–Trinajstić information content (AvgIpc) is 2.73. The third-order valence-electron chi connectivity index (χ3n) is 3.62. The molecule has 0 bridgehead atoms. The number of nitrogens with zero attached hydrogens (tertiary/aromatic N) is 1. The van der Waals surface area contributed by atoms with Crippen molar-refractivity contribution in [2.24, 2.45) is 11.8 Å². The van der Waals surface area contributed by atoms with Crippen molar-refractivity contribution in [3.63, 3.8) is 0 Å². The molecule has 0 aliphatic heterocycles. The molecule has 0 heterocycles. The molecule has 2 nitrogen and oxygen atoms in total. The largest absolute Gasteiger partial charge is 0.343 e. The molecule has 1 amide bonds. The van der Waals surface area contributed by atoms with E-state index in [9.17, 15) is 4.79 Å². The quantitative estimate of drug-likeness (QED) is 0.652. The summed E-state index contributed by atoms with van der Waals surface area (Å²) in [6, 6.07) is 0.572. The van der Waals surface area contributed by atoms with Gasteiger partial charge in [0.05, 0.1) is 0 Å². The Morgan fingerprint density at radius 1 is 1.31 bits per heavy atom. The SMILES string of the molecule is CCCC(=O)N(C)C1CC2CC2C1. The molecule has 2 rings (SSSR count). The van der Waals surface area contributed by atoms with E-state index in [4.69, 9.17) is 0 Å². The Kier molecular flexibility index (Phi) is 2.31. The molecule has 74 valence electrons. The Bertz CT molecular complexity index is 204. The summed E-state index contributed by atoms with van der Waals surface area (Å²) in [5.41, 5.74) is 0. The third kappa shape index (κ3) is 1.72. The van der Waals surface area contributed by atoms with E-state index in [0.717, 1.165) is 24.7 Å². The fourth-order valence-corrected chi connectivity index (χ4v) is 2.59. The Labute approximate surface area is 80.3 Å². The van der Waals surface area contributed by atoms with E-state index >= 15 is 0 Å². The first kappa shape index (κ1) is 9.04. The maximum absolute atomic E-state index is 11.6. The highest BCUT2D eigenvalue weighted by Gasteiger charge is 2.47. The van der Waals surface area contributed by atoms with Crippen molar-refractivity contribution < 1.29 is 4.79 Å². The molecular weight excluding hydrogens is 162 g/mol. The van der Waals surface area contributed by atoms with Gasteiger partial charge in [0.15, 0.2) is 0 Å². The fraction of sp³-hybridized carbons (Fsp3) is 0.909. The van der Waals surface area contributed by atoms with Gasteiger partial charge >= 0.3 is 0 Å². The molecule has 2 heteroatoms. The maximum atomic E-state index is 11.6. The molecular formula is C11H19NO. The van der Waals surface area contributed by atoms with Gasteiger partial charge in [0.1, 0.15) is 0 Å². The first-order chi connectivity index (χ1) is 6.22. The highest BCUT2D eigenvalue weighted by Crippen LogP contribution is 2.52. The van der Waals surface area contributed by atoms with Crippen LogP contribution in [-0.2, 0) is 4.79 Å². The smallest absolute Gasteiger partial charge is 0.222 e. The van der Waals surface area contributed by atoms with Crippen LogP contribution in [0.4, 0.5) is 0 Å². The number of fused-ring (bicyclic) bond motifs is 1. The predicted molar refractivity (Wildman–Crippen MR) is 52.3 cm³/mol. The first-order valence-corrected chi connectivity index (χ1v) is 5.48. The van der Waals surface area contributed by atoms with Gasteiger partial charge in [-0.05, 0) is 37.5 Å². The Balaban J connectivity index is 1.82. The highest BCUT2D eigenvalue weighted by atomic mass is 16.2. The van der Waals surface area contributed by atoms with E-state index in [2.05, 4.69) is 6.92 Å². The maximum Gasteiger partial charge on any atom is 0.222 e. The molecule has 2 aliphatic rings. The van der Waals surface area contributed by atoms with Crippen LogP contribution < -0.4 is 0 Å². The molecule has 2 aliphatic carbocycles. The summed E-state index contributed by atoms with van der Waals surface area (Å²) >= 11 is 0. The minimum Gasteiger partial charge on any atom is -0.343 e. The van der Waals surface area contributed by atoms with Crippen molar-refractivity contribution >= 4 is 5.91 Å². The molecule has 0 aromatic carbocycles. The topological polar surface area (TPSA) is 20.3 Å². The van der Waals surface area contributed by atoms with Crippen molar-refractivity contribution in [2.45, 2.75) is 45.1 Å². The first-order valence-electron chi connectivity index (χ1n) is 5.48. The standard InChI is InChI=1S/C11H19NO/c1-3-4-11(13)12(2)10-6-8-5-9(8)7-10/h8-10H,3-7H2,1-2H3. The van der Waals surface area contributed by atoms with E-state index in [0.29, 0.717) is 11.9 Å². The monoisotopic (exact) mass is 181 g/mol. The summed E-state index contributed by atoms with van der Waals surface area (Å²) in [7, 11) is 1.98. The molecule has 0 N–H and O–H groups in total. The van der Waals surface area contributed by atoms with Gasteiger partial charge in [-0.15, -0.1) is 0 Å². The number of carbonyl (C=O) groups is 1. The lowest BCUT2D eigenvalue weighted by Gasteiger charge is -2.25. The number of hydrogen-bond acceptors (Lipinski definition) is 1. The second kappa shape index (κ2) is 3.32. The predicted octanol–water partition coefficient (Wildman–Crippen LogP) is 2.04. The average molecular weight is 181 g/mol. The zero-order valence-electron chi connectivity index (χ0n) is 8.62. The van der Waals surface area contributed by atoms with Crippen molar-refractivity contribution in [2.75, 3.05) is 7.05 Å². The lowest BCUT2D eigenvalue weighted by atomic mass is 10.1. The van der Waals surface area contributed by atoms with Crippen LogP contribution in [0.1, 0.15) is 39.0 Å². The van der Waals surface area contributed by atoms with Crippen molar-refractivity contribution in [3.8, 4) is 0 Å². The number of hydrogen-bond donors (Lipinski definition) is 0. The van der Waals surface area contributed by atoms with Crippen molar-refractivity contribution in [1.29, 1.82) is 0 Å². The molecule has 2 fully saturated rings. The zero-order valence-corrected chi connectivity index (χ0v) is 8.62. The molecule has 0 spiro atoms. The van der Waals surface area contributed by atoms with E-state index in [1.54, 1.807) is 0 Å². The summed E-state index contributed by atoms with van der Waals surface area (Å²) in [4.78, 5) is 13.6. The zero-order chi connectivity index (χ0) is 9.42. The second-order valence-corrected chi connectivity index (χ2v) is 4.64. The normalized spacial score (nSPS) is 35.7. The van der Waals surface area contributed by atoms with Gasteiger partial charge in [0.2, 0.25) is 5.91 Å². The van der Waals surface area contributed by atoms with Crippen LogP contribution in [0.2, 0.25) is 0 Å². The van der Waals surface area contributed by atoms with Gasteiger partial charge in [-0.1, -0.05) is 6.92 Å². The molecule has 2 atom stereocenters. The molecule has 2 unspecified atom stereocenters. The van der Waals surface area contributed by atoms with E-state index in [1.165, 1.54) is 19.3 Å². The van der Waals surface area contributed by atoms with Crippen LogP contribution in [-0.4, -0.2) is 23.9 Å². The lowest BCUT2D eigenvalue weighted by molar-refractivity contribution is -0.132. The van der Waals surface area contributed by atoms with Gasteiger partial charge < -0.3 is 4.90 Å². The van der Waals surface area contributed by atoms with Gasteiger partial charge in [-0.25, -0.2) is 0 Å². The highest BCUT2D eigenvalue weighted by molar-refractivity contribution is 5.76. The minimum absolute atomic E-state index is 0.341. The molecule has 0 saturated heterocycles. The van der Waals surface area contributed by atoms with Gasteiger partial charge in [-0.2, -0.15) is 0 Å².